The number of nitrogens with one attached hydrogen (secondary N) is 1. The van der Waals surface area contributed by atoms with E-state index in [0.717, 1.165) is 4.68 Å². The quantitative estimate of drug-likeness (QED) is 0.889. The zero-order chi connectivity index (χ0) is 15.1. The van der Waals surface area contributed by atoms with Gasteiger partial charge in [-0.05, 0) is 15.9 Å². The fraction of sp³-hybridized carbons (Fsp3) is 0.500. The van der Waals surface area contributed by atoms with Crippen LogP contribution < -0.4 is 4.72 Å². The number of hydrogen-bond donors (Lipinski definition) is 1. The predicted molar refractivity (Wildman–Crippen MR) is 74.7 cm³/mol. The van der Waals surface area contributed by atoms with Crippen LogP contribution in [0.3, 0.4) is 0 Å². The van der Waals surface area contributed by atoms with Crippen LogP contribution in [0.1, 0.15) is 26.5 Å². The van der Waals surface area contributed by atoms with E-state index in [4.69, 9.17) is 4.52 Å². The first kappa shape index (κ1) is 15.0. The second-order valence-electron chi connectivity index (χ2n) is 5.24. The lowest BCUT2D eigenvalue weighted by atomic mass is 9.92. The van der Waals surface area contributed by atoms with Crippen LogP contribution in [0.4, 0.5) is 5.88 Å². The summed E-state index contributed by atoms with van der Waals surface area (Å²) in [6.45, 7) is 5.85. The van der Waals surface area contributed by atoms with Crippen molar-refractivity contribution in [3.05, 3.63) is 16.4 Å². The molecule has 0 aliphatic carbocycles. The fourth-order valence-corrected chi connectivity index (χ4v) is 3.54. The Morgan fingerprint density at radius 3 is 2.50 bits per heavy atom. The SMILES string of the molecule is Cn1nnc(Br)c1S(=O)(=O)Nc1cc(C(C)(C)C)no1. The standard InChI is InChI=1S/C10H14BrN5O3S/c1-10(2,3)6-5-7(19-13-6)14-20(17,18)9-8(11)12-15-16(9)4/h5,14H,1-4H3. The van der Waals surface area contributed by atoms with Gasteiger partial charge in [0, 0.05) is 18.5 Å². The number of nitrogens with zero attached hydrogens (tertiary/aromatic N) is 4. The molecule has 0 aliphatic heterocycles. The number of anilines is 1. The molecule has 2 heterocycles. The first-order valence-electron chi connectivity index (χ1n) is 5.66. The van der Waals surface area contributed by atoms with Gasteiger partial charge >= 0.3 is 0 Å². The predicted octanol–water partition coefficient (Wildman–Crippen LogP) is 1.66. The second kappa shape index (κ2) is 4.85. The Labute approximate surface area is 124 Å². The van der Waals surface area contributed by atoms with Crippen LogP contribution in [0.25, 0.3) is 0 Å². The highest BCUT2D eigenvalue weighted by Crippen LogP contribution is 2.26. The molecule has 0 aromatic carbocycles. The topological polar surface area (TPSA) is 103 Å². The molecule has 0 saturated carbocycles. The van der Waals surface area contributed by atoms with Gasteiger partial charge in [-0.2, -0.15) is 8.42 Å². The van der Waals surface area contributed by atoms with Crippen LogP contribution in [0, 0.1) is 0 Å². The maximum Gasteiger partial charge on any atom is 0.284 e. The summed E-state index contributed by atoms with van der Waals surface area (Å²) in [5.74, 6) is 0.0445. The minimum absolute atomic E-state index is 0.0445. The van der Waals surface area contributed by atoms with Crippen molar-refractivity contribution in [2.24, 2.45) is 7.05 Å². The van der Waals surface area contributed by atoms with E-state index < -0.39 is 10.0 Å². The molecule has 2 aromatic heterocycles. The van der Waals surface area contributed by atoms with Gasteiger partial charge in [0.25, 0.3) is 10.0 Å². The molecule has 1 N–H and O–H groups in total. The highest BCUT2D eigenvalue weighted by Gasteiger charge is 2.26. The summed E-state index contributed by atoms with van der Waals surface area (Å²) in [5.41, 5.74) is 0.416. The Hall–Kier alpha value is -1.42. The molecule has 0 aliphatic rings. The van der Waals surface area contributed by atoms with Gasteiger partial charge in [-0.1, -0.05) is 31.1 Å². The van der Waals surface area contributed by atoms with Gasteiger partial charge in [-0.15, -0.1) is 5.10 Å². The lowest BCUT2D eigenvalue weighted by Crippen LogP contribution is -2.17. The largest absolute Gasteiger partial charge is 0.338 e. The Balaban J connectivity index is 2.32. The molecule has 8 nitrogen and oxygen atoms in total. The average Bonchev–Trinajstić information content (AvgIpc) is 2.84. The summed E-state index contributed by atoms with van der Waals surface area (Å²) in [4.78, 5) is 0. The third kappa shape index (κ3) is 2.85. The first-order chi connectivity index (χ1) is 9.11. The summed E-state index contributed by atoms with van der Waals surface area (Å²) in [6, 6.07) is 1.55. The average molecular weight is 364 g/mol. The molecule has 0 fully saturated rings. The number of rotatable bonds is 3. The summed E-state index contributed by atoms with van der Waals surface area (Å²) in [5, 5.41) is 11.0. The minimum Gasteiger partial charge on any atom is -0.338 e. The van der Waals surface area contributed by atoms with Gasteiger partial charge in [-0.3, -0.25) is 0 Å². The van der Waals surface area contributed by atoms with E-state index in [1.54, 1.807) is 6.07 Å². The molecule has 20 heavy (non-hydrogen) atoms. The van der Waals surface area contributed by atoms with E-state index in [1.165, 1.54) is 7.05 Å². The zero-order valence-electron chi connectivity index (χ0n) is 11.4. The summed E-state index contributed by atoms with van der Waals surface area (Å²) in [7, 11) is -2.38. The number of halogens is 1. The molecule has 0 spiro atoms. The van der Waals surface area contributed by atoms with E-state index >= 15 is 0 Å². The van der Waals surface area contributed by atoms with Gasteiger partial charge in [0.05, 0.1) is 5.69 Å². The Bertz CT molecular complexity index is 709. The third-order valence-corrected chi connectivity index (χ3v) is 4.74. The monoisotopic (exact) mass is 363 g/mol. The maximum absolute atomic E-state index is 12.2. The molecule has 110 valence electrons. The van der Waals surface area contributed by atoms with E-state index in [0.29, 0.717) is 5.69 Å². The molecule has 0 radical (unpaired) electrons. The van der Waals surface area contributed by atoms with Crippen molar-refractivity contribution in [1.82, 2.24) is 20.2 Å². The van der Waals surface area contributed by atoms with E-state index in [2.05, 4.69) is 36.1 Å². The summed E-state index contributed by atoms with van der Waals surface area (Å²) in [6.07, 6.45) is 0. The Morgan fingerprint density at radius 2 is 2.05 bits per heavy atom. The van der Waals surface area contributed by atoms with Gasteiger partial charge in [0.15, 0.2) is 4.60 Å². The van der Waals surface area contributed by atoms with Gasteiger partial charge < -0.3 is 4.52 Å². The second-order valence-corrected chi connectivity index (χ2v) is 7.59. The van der Waals surface area contributed by atoms with Gasteiger partial charge in [0.2, 0.25) is 10.9 Å². The Kier molecular flexibility index (Phi) is 3.63. The zero-order valence-corrected chi connectivity index (χ0v) is 13.8. The van der Waals surface area contributed by atoms with Crippen LogP contribution in [-0.4, -0.2) is 28.6 Å². The highest BCUT2D eigenvalue weighted by atomic mass is 79.9. The lowest BCUT2D eigenvalue weighted by Gasteiger charge is -2.12. The highest BCUT2D eigenvalue weighted by molar-refractivity contribution is 9.10. The normalized spacial score (nSPS) is 12.7. The van der Waals surface area contributed by atoms with E-state index in [9.17, 15) is 8.42 Å². The molecular formula is C10H14BrN5O3S. The van der Waals surface area contributed by atoms with Crippen molar-refractivity contribution in [3.63, 3.8) is 0 Å². The number of hydrogen-bond acceptors (Lipinski definition) is 6. The third-order valence-electron chi connectivity index (χ3n) is 2.51. The molecule has 2 rings (SSSR count). The van der Waals surface area contributed by atoms with Crippen LogP contribution >= 0.6 is 15.9 Å². The molecule has 0 amide bonds. The van der Waals surface area contributed by atoms with Crippen molar-refractivity contribution >= 4 is 31.8 Å². The van der Waals surface area contributed by atoms with E-state index in [-0.39, 0.29) is 20.9 Å². The van der Waals surface area contributed by atoms with Crippen molar-refractivity contribution in [2.75, 3.05) is 4.72 Å². The maximum atomic E-state index is 12.2. The fourth-order valence-electron chi connectivity index (χ4n) is 1.47. The van der Waals surface area contributed by atoms with E-state index in [1.807, 2.05) is 20.8 Å². The van der Waals surface area contributed by atoms with Gasteiger partial charge in [0.1, 0.15) is 0 Å². The molecule has 10 heteroatoms. The molecule has 2 aromatic rings. The molecule has 0 unspecified atom stereocenters. The minimum atomic E-state index is -3.86. The number of sulfonamides is 1. The molecule has 0 saturated heterocycles. The summed E-state index contributed by atoms with van der Waals surface area (Å²) >= 11 is 3.04. The molecule has 0 bridgehead atoms. The molecular weight excluding hydrogens is 350 g/mol. The molecule has 0 atom stereocenters. The lowest BCUT2D eigenvalue weighted by molar-refractivity contribution is 0.405. The van der Waals surface area contributed by atoms with Crippen LogP contribution in [0.2, 0.25) is 0 Å². The number of aryl methyl sites for hydroxylation is 1. The van der Waals surface area contributed by atoms with Crippen LogP contribution in [0.5, 0.6) is 0 Å². The smallest absolute Gasteiger partial charge is 0.284 e. The summed E-state index contributed by atoms with van der Waals surface area (Å²) < 4.78 is 33.0. The van der Waals surface area contributed by atoms with Crippen molar-refractivity contribution < 1.29 is 12.9 Å². The first-order valence-corrected chi connectivity index (χ1v) is 7.94. The van der Waals surface area contributed by atoms with Crippen LogP contribution in [-0.2, 0) is 22.5 Å². The number of aromatic nitrogens is 4. The van der Waals surface area contributed by atoms with Crippen molar-refractivity contribution in [2.45, 2.75) is 31.2 Å². The van der Waals surface area contributed by atoms with Crippen LogP contribution in [0.15, 0.2) is 20.2 Å². The van der Waals surface area contributed by atoms with Crippen molar-refractivity contribution in [3.8, 4) is 0 Å². The van der Waals surface area contributed by atoms with Gasteiger partial charge in [-0.25, -0.2) is 9.40 Å². The van der Waals surface area contributed by atoms with Crippen molar-refractivity contribution in [1.29, 1.82) is 0 Å². The Morgan fingerprint density at radius 1 is 1.40 bits per heavy atom.